The highest BCUT2D eigenvalue weighted by Crippen LogP contribution is 2.28. The zero-order valence-corrected chi connectivity index (χ0v) is 71.4. The van der Waals surface area contributed by atoms with Gasteiger partial charge in [-0.05, 0) is 162 Å². The van der Waals surface area contributed by atoms with Crippen molar-refractivity contribution in [2.75, 3.05) is 52.9 Å². The van der Waals surface area contributed by atoms with E-state index in [-0.39, 0.29) is 50.4 Å². The monoisotopic (exact) mass is 1610 g/mol. The lowest BCUT2D eigenvalue weighted by atomic mass is 10.0. The number of unbranched alkanes of at least 4 members (excludes halogenated alkanes) is 33. The second-order valence-corrected chi connectivity index (χ2v) is 30.9. The fraction of sp³-hybridized carbons (Fsp3) is 0.529. The topological polar surface area (TPSA) is 185 Å². The van der Waals surface area contributed by atoms with Crippen LogP contribution in [-0.4, -0.2) is 94.8 Å². The van der Waals surface area contributed by atoms with E-state index >= 15 is 0 Å². The number of hydrogen-bond donors (Lipinski definition) is 0. The van der Waals surface area contributed by atoms with Gasteiger partial charge in [-0.25, -0.2) is 14.4 Å². The Morgan fingerprint density at radius 1 is 0.239 bits per heavy atom. The number of esters is 6. The fourth-order valence-electron chi connectivity index (χ4n) is 13.6. The Labute approximate surface area is 702 Å². The van der Waals surface area contributed by atoms with Crippen molar-refractivity contribution in [2.45, 2.75) is 297 Å². The van der Waals surface area contributed by atoms with Gasteiger partial charge in [0.1, 0.15) is 30.5 Å². The molecule has 0 saturated heterocycles. The van der Waals surface area contributed by atoms with Gasteiger partial charge in [-0.2, -0.15) is 0 Å². The molecule has 0 aromatic heterocycles. The number of carbonyl (C=O) groups excluding carboxylic acids is 6. The van der Waals surface area contributed by atoms with E-state index in [1.165, 1.54) is 115 Å². The maximum atomic E-state index is 13.2. The van der Waals surface area contributed by atoms with Crippen LogP contribution in [0, 0.1) is 0 Å². The summed E-state index contributed by atoms with van der Waals surface area (Å²) in [5.74, 6) is 0.330. The highest BCUT2D eigenvalue weighted by molar-refractivity contribution is 5.88. The lowest BCUT2D eigenvalue weighted by molar-refractivity contribution is -0.167. The van der Waals surface area contributed by atoms with Gasteiger partial charge < -0.3 is 42.6 Å². The van der Waals surface area contributed by atoms with Crippen LogP contribution in [0.2, 0.25) is 0 Å². The molecule has 6 aromatic carbocycles. The van der Waals surface area contributed by atoms with Crippen molar-refractivity contribution in [3.05, 3.63) is 181 Å². The van der Waals surface area contributed by atoms with E-state index < -0.39 is 24.0 Å². The van der Waals surface area contributed by atoms with Crippen molar-refractivity contribution in [1.29, 1.82) is 0 Å². The van der Waals surface area contributed by atoms with E-state index in [1.54, 1.807) is 18.2 Å². The Balaban J connectivity index is 0.801. The van der Waals surface area contributed by atoms with Crippen molar-refractivity contribution in [3.63, 3.8) is 0 Å². The Morgan fingerprint density at radius 2 is 0.453 bits per heavy atom. The van der Waals surface area contributed by atoms with Gasteiger partial charge in [-0.3, -0.25) is 14.4 Å². The third-order valence-electron chi connectivity index (χ3n) is 20.8. The molecule has 0 unspecified atom stereocenters. The zero-order valence-electron chi connectivity index (χ0n) is 71.4. The smallest absolute Gasteiger partial charge is 0.330 e. The van der Waals surface area contributed by atoms with Gasteiger partial charge >= 0.3 is 35.8 Å². The summed E-state index contributed by atoms with van der Waals surface area (Å²) in [6, 6.07) is 48.8. The summed E-state index contributed by atoms with van der Waals surface area (Å²) in [6.07, 6.45) is 50.0. The summed E-state index contributed by atoms with van der Waals surface area (Å²) >= 11 is 0. The number of carbonyl (C=O) groups is 6. The standard InChI is InChI=1S/C102H140O15/c1-4-7-10-13-28-37-76-109-93-67-61-90(62-68-93)87-55-46-84(47-56-87)52-73-99(105)112-79-40-31-22-16-19-25-34-43-97(103)115-82-96(117-102(108)45-36-27-21-18-24-33-42-81-114-101(107)75-54-86-50-59-89(60-51-86)92-65-71-95(72-66-92)111-78-39-30-15-12-9-6-3)83-116-98(104)44-35-26-20-17-23-32-41-80-113-100(106)74-53-85-48-57-88(58-49-85)91-63-69-94(70-64-91)110-77-38-29-14-11-8-5-2/h46-75,96H,4-45,76-83H2,1-3H3. The van der Waals surface area contributed by atoms with Crippen LogP contribution >= 0.6 is 0 Å². The van der Waals surface area contributed by atoms with Crippen LogP contribution in [0.15, 0.2) is 164 Å². The summed E-state index contributed by atoms with van der Waals surface area (Å²) < 4.78 is 51.3. The molecule has 0 atom stereocenters. The molecule has 6 rings (SSSR count). The molecule has 0 heterocycles. The van der Waals surface area contributed by atoms with Gasteiger partial charge in [-0.1, -0.05) is 323 Å². The normalized spacial score (nSPS) is 11.6. The molecular formula is C102H140O15. The average Bonchev–Trinajstić information content (AvgIpc) is 0.864. The molecule has 0 amide bonds. The van der Waals surface area contributed by atoms with Gasteiger partial charge in [-0.15, -0.1) is 0 Å². The van der Waals surface area contributed by atoms with E-state index in [2.05, 4.69) is 57.2 Å². The van der Waals surface area contributed by atoms with Crippen molar-refractivity contribution in [1.82, 2.24) is 0 Å². The molecular weight excluding hydrogens is 1470 g/mol. The first kappa shape index (κ1) is 96.6. The minimum atomic E-state index is -0.929. The minimum absolute atomic E-state index is 0.187. The van der Waals surface area contributed by atoms with Gasteiger partial charge in [0.05, 0.1) is 39.6 Å². The van der Waals surface area contributed by atoms with Crippen molar-refractivity contribution in [2.24, 2.45) is 0 Å². The predicted octanol–water partition coefficient (Wildman–Crippen LogP) is 26.3. The highest BCUT2D eigenvalue weighted by atomic mass is 16.6. The van der Waals surface area contributed by atoms with Crippen molar-refractivity contribution >= 4 is 54.0 Å². The minimum Gasteiger partial charge on any atom is -0.494 e. The fourth-order valence-corrected chi connectivity index (χ4v) is 13.6. The summed E-state index contributed by atoms with van der Waals surface area (Å²) in [7, 11) is 0. The molecule has 6 aromatic rings. The summed E-state index contributed by atoms with van der Waals surface area (Å²) in [4.78, 5) is 76.5. The average molecular weight is 1610 g/mol. The maximum Gasteiger partial charge on any atom is 0.330 e. The Kier molecular flexibility index (Phi) is 52.7. The predicted molar refractivity (Wildman–Crippen MR) is 475 cm³/mol. The van der Waals surface area contributed by atoms with E-state index in [9.17, 15) is 28.8 Å². The second-order valence-electron chi connectivity index (χ2n) is 30.9. The molecule has 0 radical (unpaired) electrons. The number of hydrogen-bond acceptors (Lipinski definition) is 15. The SMILES string of the molecule is CCCCCCCCOc1ccc(-c2ccc(C=CC(=O)OCCCCCCCCCC(=O)OCC(COC(=O)CCCCCCCCCOC(=O)C=Cc3ccc(-c4ccc(OCCCCCCCC)cc4)cc3)OC(=O)CCCCCCCCCOC(=O)C=Cc3ccc(-c4ccc(OCCCCCCCC)cc4)cc3)cc2)cc1. The molecule has 638 valence electrons. The van der Waals surface area contributed by atoms with Crippen LogP contribution in [0.25, 0.3) is 51.6 Å². The van der Waals surface area contributed by atoms with Gasteiger partial charge in [0.15, 0.2) is 6.10 Å². The van der Waals surface area contributed by atoms with Crippen LogP contribution in [0.1, 0.15) is 307 Å². The third-order valence-corrected chi connectivity index (χ3v) is 20.8. The Bertz CT molecular complexity index is 3530. The molecule has 0 bridgehead atoms. The van der Waals surface area contributed by atoms with Crippen LogP contribution in [-0.2, 0) is 57.2 Å². The summed E-state index contributed by atoms with van der Waals surface area (Å²) in [6.45, 7) is 9.57. The first-order chi connectivity index (χ1) is 57.5. The molecule has 0 fully saturated rings. The summed E-state index contributed by atoms with van der Waals surface area (Å²) in [5.41, 5.74) is 9.32. The van der Waals surface area contributed by atoms with Crippen LogP contribution in [0.3, 0.4) is 0 Å². The first-order valence-corrected chi connectivity index (χ1v) is 45.0. The largest absolute Gasteiger partial charge is 0.494 e. The first-order valence-electron chi connectivity index (χ1n) is 45.0. The second kappa shape index (κ2) is 63.8. The molecule has 0 aliphatic rings. The number of ether oxygens (including phenoxy) is 9. The van der Waals surface area contributed by atoms with E-state index in [0.29, 0.717) is 39.1 Å². The highest BCUT2D eigenvalue weighted by Gasteiger charge is 2.20. The van der Waals surface area contributed by atoms with E-state index in [4.69, 9.17) is 42.6 Å². The number of rotatable bonds is 68. The van der Waals surface area contributed by atoms with Crippen LogP contribution in [0.5, 0.6) is 17.2 Å². The van der Waals surface area contributed by atoms with Gasteiger partial charge in [0, 0.05) is 37.5 Å². The van der Waals surface area contributed by atoms with Gasteiger partial charge in [0.25, 0.3) is 0 Å². The Hall–Kier alpha value is -9.24. The Morgan fingerprint density at radius 3 is 0.709 bits per heavy atom. The van der Waals surface area contributed by atoms with Crippen LogP contribution < -0.4 is 14.2 Å². The molecule has 0 N–H and O–H groups in total. The van der Waals surface area contributed by atoms with E-state index in [1.807, 2.05) is 109 Å². The number of benzene rings is 6. The molecule has 0 spiro atoms. The molecule has 117 heavy (non-hydrogen) atoms. The molecule has 0 saturated carbocycles. The molecule has 15 heteroatoms. The lowest BCUT2D eigenvalue weighted by Crippen LogP contribution is -2.30. The van der Waals surface area contributed by atoms with Crippen LogP contribution in [0.4, 0.5) is 0 Å². The van der Waals surface area contributed by atoms with Gasteiger partial charge in [0.2, 0.25) is 0 Å². The van der Waals surface area contributed by atoms with Crippen molar-refractivity contribution < 1.29 is 71.4 Å². The lowest BCUT2D eigenvalue weighted by Gasteiger charge is -2.18. The summed E-state index contributed by atoms with van der Waals surface area (Å²) in [5, 5.41) is 0. The molecule has 15 nitrogen and oxygen atoms in total. The zero-order chi connectivity index (χ0) is 82.9. The quantitative estimate of drug-likeness (QED) is 0.0152. The van der Waals surface area contributed by atoms with E-state index in [0.717, 1.165) is 222 Å². The molecule has 0 aliphatic heterocycles. The third kappa shape index (κ3) is 47.1. The molecule has 0 aliphatic carbocycles. The maximum absolute atomic E-state index is 13.2. The van der Waals surface area contributed by atoms with Crippen molar-refractivity contribution in [3.8, 4) is 50.6 Å².